The van der Waals surface area contributed by atoms with E-state index < -0.39 is 0 Å². The number of amides is 1. The Morgan fingerprint density at radius 2 is 1.38 bits per heavy atom. The standard InChI is InChI=1S/C19H24N8O2S.C13H14N8OS/c1-4-5-6-9-15(28)22-19-21-14(12-30-19)11-29-24-17(18-23-25-26-27(18)3)16-13(2)8-7-10-20-16;1-8-4-3-5-15-10(8)11(12-17-19-20-21(12)2)18-22-6-9-7-23-13(14)16-9/h7-8,10,12H,4-6,9,11H2,1-3H3,(H,21,22,28);3-5,7H,6H2,1-2H3,(H2,14,16)/b24-17+;18-11+. The second-order valence-corrected chi connectivity index (χ2v) is 13.1. The number of carbonyl (C=O) groups excluding carboxylic acids is 1. The molecule has 0 aromatic carbocycles. The van der Waals surface area contributed by atoms with E-state index in [1.165, 1.54) is 32.0 Å². The third-order valence-electron chi connectivity index (χ3n) is 7.24. The first kappa shape index (κ1) is 38.1. The number of thiazole rings is 2. The normalized spacial score (nSPS) is 11.6. The number of oxime groups is 2. The largest absolute Gasteiger partial charge is 0.389 e. The molecular formula is C32H38N16O3S2. The van der Waals surface area contributed by atoms with Gasteiger partial charge in [0.2, 0.25) is 17.6 Å². The van der Waals surface area contributed by atoms with Crippen LogP contribution in [0, 0.1) is 13.8 Å². The van der Waals surface area contributed by atoms with Crippen LogP contribution in [0.2, 0.25) is 0 Å². The van der Waals surface area contributed by atoms with E-state index in [-0.39, 0.29) is 19.1 Å². The lowest BCUT2D eigenvalue weighted by atomic mass is 10.1. The number of nitrogen functional groups attached to an aromatic ring is 1. The summed E-state index contributed by atoms with van der Waals surface area (Å²) >= 11 is 2.71. The molecular weight excluding hydrogens is 721 g/mol. The summed E-state index contributed by atoms with van der Waals surface area (Å²) in [7, 11) is 3.45. The summed E-state index contributed by atoms with van der Waals surface area (Å²) in [5, 5.41) is 38.9. The number of rotatable bonds is 15. The molecule has 1 amide bonds. The van der Waals surface area contributed by atoms with Gasteiger partial charge in [0.25, 0.3) is 0 Å². The van der Waals surface area contributed by atoms with Gasteiger partial charge in [-0.1, -0.05) is 42.2 Å². The van der Waals surface area contributed by atoms with Crippen LogP contribution in [0.25, 0.3) is 0 Å². The van der Waals surface area contributed by atoms with E-state index >= 15 is 0 Å². The quantitative estimate of drug-likeness (QED) is 0.0861. The average molecular weight is 759 g/mol. The maximum Gasteiger partial charge on any atom is 0.226 e. The lowest BCUT2D eigenvalue weighted by Gasteiger charge is -2.07. The monoisotopic (exact) mass is 758 g/mol. The summed E-state index contributed by atoms with van der Waals surface area (Å²) in [4.78, 5) is 40.1. The molecule has 0 radical (unpaired) electrons. The minimum Gasteiger partial charge on any atom is -0.389 e. The highest BCUT2D eigenvalue weighted by Gasteiger charge is 2.20. The van der Waals surface area contributed by atoms with E-state index in [1.54, 1.807) is 26.5 Å². The number of aryl methyl sites for hydroxylation is 4. The van der Waals surface area contributed by atoms with Crippen LogP contribution >= 0.6 is 22.7 Å². The van der Waals surface area contributed by atoms with E-state index in [1.807, 2.05) is 48.9 Å². The van der Waals surface area contributed by atoms with E-state index in [4.69, 9.17) is 15.4 Å². The van der Waals surface area contributed by atoms with Crippen LogP contribution in [0.5, 0.6) is 0 Å². The third kappa shape index (κ3) is 10.7. The number of nitrogens with zero attached hydrogens (tertiary/aromatic N) is 14. The molecule has 6 rings (SSSR count). The van der Waals surface area contributed by atoms with Crippen LogP contribution in [0.3, 0.4) is 0 Å². The minimum absolute atomic E-state index is 0.0222. The van der Waals surface area contributed by atoms with Gasteiger partial charge >= 0.3 is 0 Å². The molecule has 0 saturated heterocycles. The van der Waals surface area contributed by atoms with Crippen LogP contribution in [0.15, 0.2) is 57.7 Å². The van der Waals surface area contributed by atoms with Crippen molar-refractivity contribution >= 4 is 50.3 Å². The van der Waals surface area contributed by atoms with Crippen molar-refractivity contribution in [2.24, 2.45) is 24.4 Å². The number of nitrogens with two attached hydrogens (primary N) is 1. The molecule has 0 aliphatic carbocycles. The Bertz CT molecular complexity index is 2150. The molecule has 0 spiro atoms. The highest BCUT2D eigenvalue weighted by Crippen LogP contribution is 2.18. The smallest absolute Gasteiger partial charge is 0.226 e. The topological polar surface area (TPSA) is 237 Å². The van der Waals surface area contributed by atoms with Crippen LogP contribution in [0.1, 0.15) is 78.2 Å². The van der Waals surface area contributed by atoms with Crippen molar-refractivity contribution < 1.29 is 14.5 Å². The maximum absolute atomic E-state index is 11.9. The van der Waals surface area contributed by atoms with Crippen LogP contribution in [-0.2, 0) is 41.8 Å². The Labute approximate surface area is 312 Å². The highest BCUT2D eigenvalue weighted by atomic mass is 32.1. The van der Waals surface area contributed by atoms with Gasteiger partial charge in [-0.25, -0.2) is 19.3 Å². The number of unbranched alkanes of at least 4 members (excludes halogenated alkanes) is 2. The Morgan fingerprint density at radius 3 is 1.85 bits per heavy atom. The van der Waals surface area contributed by atoms with Gasteiger partial charge in [0.15, 0.2) is 34.9 Å². The number of hydrogen-bond donors (Lipinski definition) is 2. The van der Waals surface area contributed by atoms with E-state index in [0.29, 0.717) is 62.5 Å². The summed E-state index contributed by atoms with van der Waals surface area (Å²) < 4.78 is 3.02. The van der Waals surface area contributed by atoms with Gasteiger partial charge in [-0.2, -0.15) is 0 Å². The van der Waals surface area contributed by atoms with Crippen molar-refractivity contribution in [2.75, 3.05) is 11.1 Å². The fourth-order valence-corrected chi connectivity index (χ4v) is 5.83. The van der Waals surface area contributed by atoms with Gasteiger partial charge in [-0.05, 0) is 64.4 Å². The van der Waals surface area contributed by atoms with Crippen LogP contribution in [0.4, 0.5) is 10.3 Å². The lowest BCUT2D eigenvalue weighted by Crippen LogP contribution is -2.15. The Balaban J connectivity index is 0.000000211. The molecule has 3 N–H and O–H groups in total. The van der Waals surface area contributed by atoms with Crippen LogP contribution < -0.4 is 11.1 Å². The fraction of sp³-hybridized carbons (Fsp3) is 0.344. The number of nitrogens with one attached hydrogen (secondary N) is 1. The first-order valence-corrected chi connectivity index (χ1v) is 18.1. The predicted octanol–water partition coefficient (Wildman–Crippen LogP) is 3.78. The molecule has 0 unspecified atom stereocenters. The van der Waals surface area contributed by atoms with E-state index in [2.05, 4.69) is 73.5 Å². The van der Waals surface area contributed by atoms with E-state index in [9.17, 15) is 4.79 Å². The van der Waals surface area contributed by atoms with Crippen molar-refractivity contribution in [2.45, 2.75) is 59.7 Å². The van der Waals surface area contributed by atoms with Gasteiger partial charge in [-0.3, -0.25) is 14.8 Å². The maximum atomic E-state index is 11.9. The molecule has 0 aliphatic rings. The van der Waals surface area contributed by atoms with E-state index in [0.717, 1.165) is 30.4 Å². The number of aromatic nitrogens is 12. The molecule has 0 atom stereocenters. The van der Waals surface area contributed by atoms with Crippen molar-refractivity contribution in [3.8, 4) is 0 Å². The number of tetrazole rings is 2. The number of hydrogen-bond acceptors (Lipinski definition) is 18. The summed E-state index contributed by atoms with van der Waals surface area (Å²) in [6.45, 7) is 6.31. The molecule has 0 aliphatic heterocycles. The second kappa shape index (κ2) is 18.9. The predicted molar refractivity (Wildman–Crippen MR) is 198 cm³/mol. The Hall–Kier alpha value is -6.09. The Kier molecular flexibility index (Phi) is 13.6. The zero-order chi connectivity index (χ0) is 37.6. The molecule has 19 nitrogen and oxygen atoms in total. The first-order chi connectivity index (χ1) is 25.7. The third-order valence-corrected chi connectivity index (χ3v) is 8.77. The zero-order valence-corrected chi connectivity index (χ0v) is 31.4. The summed E-state index contributed by atoms with van der Waals surface area (Å²) in [6, 6.07) is 7.56. The van der Waals surface area contributed by atoms with Gasteiger partial charge in [0, 0.05) is 43.7 Å². The second-order valence-electron chi connectivity index (χ2n) is 11.3. The average Bonchev–Trinajstić information content (AvgIpc) is 3.97. The molecule has 53 heavy (non-hydrogen) atoms. The molecule has 6 heterocycles. The summed E-state index contributed by atoms with van der Waals surface area (Å²) in [6.07, 6.45) is 6.87. The fourth-order valence-electron chi connectivity index (χ4n) is 4.57. The molecule has 0 fully saturated rings. The van der Waals surface area contributed by atoms with Gasteiger partial charge < -0.3 is 20.7 Å². The SMILES string of the molecule is CCCCCC(=O)Nc1nc(CO/N=C(\c2ncccc2C)c2nnnn2C)cs1.Cc1cccnc1/C(=N\OCc1csc(N)n1)c1nnnn1C. The lowest BCUT2D eigenvalue weighted by molar-refractivity contribution is -0.116. The van der Waals surface area contributed by atoms with Crippen molar-refractivity contribution in [1.29, 1.82) is 0 Å². The molecule has 6 aromatic heterocycles. The van der Waals surface area contributed by atoms with Gasteiger partial charge in [-0.15, -0.1) is 32.9 Å². The van der Waals surface area contributed by atoms with Crippen molar-refractivity contribution in [3.05, 3.63) is 93.0 Å². The molecule has 6 aromatic rings. The molecule has 21 heteroatoms. The Morgan fingerprint density at radius 1 is 0.830 bits per heavy atom. The minimum atomic E-state index is -0.0222. The highest BCUT2D eigenvalue weighted by molar-refractivity contribution is 7.14. The summed E-state index contributed by atoms with van der Waals surface area (Å²) in [5.74, 6) is 0.880. The molecule has 0 saturated carbocycles. The zero-order valence-electron chi connectivity index (χ0n) is 29.7. The van der Waals surface area contributed by atoms with Gasteiger partial charge in [0.1, 0.15) is 0 Å². The van der Waals surface area contributed by atoms with Crippen molar-refractivity contribution in [1.82, 2.24) is 60.4 Å². The van der Waals surface area contributed by atoms with Gasteiger partial charge in [0.05, 0.1) is 22.8 Å². The van der Waals surface area contributed by atoms with Crippen LogP contribution in [-0.4, -0.2) is 77.7 Å². The number of carbonyl (C=O) groups is 1. The number of anilines is 2. The molecule has 276 valence electrons. The van der Waals surface area contributed by atoms with Crippen molar-refractivity contribution in [3.63, 3.8) is 0 Å². The number of pyridine rings is 2. The molecule has 0 bridgehead atoms. The first-order valence-electron chi connectivity index (χ1n) is 16.4. The summed E-state index contributed by atoms with van der Waals surface area (Å²) in [5.41, 5.74) is 11.0.